The monoisotopic (exact) mass is 634 g/mol. The Labute approximate surface area is 227 Å². The van der Waals surface area contributed by atoms with Gasteiger partial charge in [-0.05, 0) is 71.0 Å². The van der Waals surface area contributed by atoms with Gasteiger partial charge >= 0.3 is 6.18 Å². The number of aromatic nitrogens is 2. The lowest BCUT2D eigenvalue weighted by molar-refractivity contribution is -0.141. The van der Waals surface area contributed by atoms with E-state index in [0.29, 0.717) is 11.1 Å². The fourth-order valence-corrected chi connectivity index (χ4v) is 6.97. The van der Waals surface area contributed by atoms with Gasteiger partial charge in [-0.25, -0.2) is 0 Å². The summed E-state index contributed by atoms with van der Waals surface area (Å²) in [5, 5.41) is 11.5. The van der Waals surface area contributed by atoms with E-state index in [4.69, 9.17) is 9.41 Å². The van der Waals surface area contributed by atoms with Crippen LogP contribution in [-0.2, 0) is 17.0 Å². The molecule has 0 spiro atoms. The fraction of sp³-hybridized carbons (Fsp3) is 0.630. The molecule has 1 aliphatic rings. The first-order valence-corrected chi connectivity index (χ1v) is 16.3. The van der Waals surface area contributed by atoms with Gasteiger partial charge in [-0.3, -0.25) is 9.97 Å². The van der Waals surface area contributed by atoms with Gasteiger partial charge in [0.1, 0.15) is 11.8 Å². The third-order valence-corrected chi connectivity index (χ3v) is 13.1. The van der Waals surface area contributed by atoms with Crippen molar-refractivity contribution in [1.82, 2.24) is 9.97 Å². The second-order valence-corrected chi connectivity index (χ2v) is 18.4. The molecule has 0 fully saturated rings. The minimum Gasteiger partial charge on any atom is -0.410 e. The van der Waals surface area contributed by atoms with E-state index < -0.39 is 26.3 Å². The number of pyridine rings is 2. The van der Waals surface area contributed by atoms with Crippen molar-refractivity contribution < 1.29 is 22.7 Å². The summed E-state index contributed by atoms with van der Waals surface area (Å²) in [6, 6.07) is 2.21. The van der Waals surface area contributed by atoms with Crippen molar-refractivity contribution in [3.05, 3.63) is 55.7 Å². The van der Waals surface area contributed by atoms with Crippen LogP contribution in [0.15, 0.2) is 18.3 Å². The van der Waals surface area contributed by atoms with Gasteiger partial charge in [0.25, 0.3) is 0 Å². The number of nitrogens with zero attached hydrogens (tertiary/aromatic N) is 2. The van der Waals surface area contributed by atoms with Gasteiger partial charge in [0.05, 0.1) is 11.8 Å². The van der Waals surface area contributed by atoms with E-state index in [2.05, 4.69) is 75.3 Å². The van der Waals surface area contributed by atoms with Crippen LogP contribution in [0.2, 0.25) is 18.1 Å². The van der Waals surface area contributed by atoms with Crippen LogP contribution in [0.4, 0.5) is 13.2 Å². The molecule has 0 radical (unpaired) electrons. The highest BCUT2D eigenvalue weighted by molar-refractivity contribution is 14.1. The summed E-state index contributed by atoms with van der Waals surface area (Å²) >= 11 is 2.28. The molecule has 3 rings (SSSR count). The predicted molar refractivity (Wildman–Crippen MR) is 147 cm³/mol. The normalized spacial score (nSPS) is 19.4. The summed E-state index contributed by atoms with van der Waals surface area (Å²) in [6.45, 7) is 19.6. The minimum absolute atomic E-state index is 0.00182. The summed E-state index contributed by atoms with van der Waals surface area (Å²) in [5.41, 5.74) is 2.72. The molecule has 9 heteroatoms. The van der Waals surface area contributed by atoms with E-state index in [0.717, 1.165) is 45.6 Å². The van der Waals surface area contributed by atoms with Crippen LogP contribution in [0.5, 0.6) is 0 Å². The average Bonchev–Trinajstić information content (AvgIpc) is 2.70. The number of aliphatic hydroxyl groups is 1. The molecule has 4 nitrogen and oxygen atoms in total. The number of hydrogen-bond donors (Lipinski definition) is 1. The Morgan fingerprint density at radius 2 is 1.78 bits per heavy atom. The van der Waals surface area contributed by atoms with Crippen LogP contribution in [0, 0.1) is 8.99 Å². The second kappa shape index (κ2) is 9.93. The Morgan fingerprint density at radius 1 is 1.17 bits per heavy atom. The highest BCUT2D eigenvalue weighted by atomic mass is 127. The Hall–Kier alpha value is -1.04. The van der Waals surface area contributed by atoms with E-state index >= 15 is 0 Å². The lowest BCUT2D eigenvalue weighted by Crippen LogP contribution is -2.44. The first kappa shape index (κ1) is 29.5. The van der Waals surface area contributed by atoms with Gasteiger partial charge in [-0.1, -0.05) is 54.5 Å². The summed E-state index contributed by atoms with van der Waals surface area (Å²) in [7, 11) is -2.12. The van der Waals surface area contributed by atoms with Crippen LogP contribution in [-0.4, -0.2) is 23.4 Å². The summed E-state index contributed by atoms with van der Waals surface area (Å²) in [4.78, 5) is 8.66. The molecule has 0 aliphatic heterocycles. The van der Waals surface area contributed by atoms with Crippen molar-refractivity contribution >= 4 is 30.9 Å². The zero-order valence-electron chi connectivity index (χ0n) is 22.6. The third kappa shape index (κ3) is 5.99. The van der Waals surface area contributed by atoms with E-state index in [1.807, 2.05) is 13.8 Å². The van der Waals surface area contributed by atoms with Crippen molar-refractivity contribution in [2.45, 2.75) is 104 Å². The van der Waals surface area contributed by atoms with Crippen LogP contribution in [0.3, 0.4) is 0 Å². The summed E-state index contributed by atoms with van der Waals surface area (Å²) < 4.78 is 47.0. The molecule has 1 N–H and O–H groups in total. The van der Waals surface area contributed by atoms with Crippen LogP contribution < -0.4 is 0 Å². The van der Waals surface area contributed by atoms with Crippen LogP contribution in [0.25, 0.3) is 0 Å². The molecule has 36 heavy (non-hydrogen) atoms. The lowest BCUT2D eigenvalue weighted by Gasteiger charge is -2.44. The Kier molecular flexibility index (Phi) is 8.14. The molecule has 0 amide bonds. The number of hydrogen-bond acceptors (Lipinski definition) is 4. The smallest absolute Gasteiger partial charge is 0.410 e. The van der Waals surface area contributed by atoms with Gasteiger partial charge in [0.2, 0.25) is 0 Å². The predicted octanol–water partition coefficient (Wildman–Crippen LogP) is 8.34. The van der Waals surface area contributed by atoms with Crippen molar-refractivity contribution in [3.8, 4) is 0 Å². The van der Waals surface area contributed by atoms with Gasteiger partial charge < -0.3 is 9.53 Å². The quantitative estimate of drug-likeness (QED) is 0.266. The zero-order chi connectivity index (χ0) is 27.4. The summed E-state index contributed by atoms with van der Waals surface area (Å²) in [6.07, 6.45) is -3.10. The minimum atomic E-state index is -4.53. The highest BCUT2D eigenvalue weighted by Gasteiger charge is 2.44. The molecule has 2 atom stereocenters. The maximum Gasteiger partial charge on any atom is 0.433 e. The molecule has 1 aliphatic carbocycles. The Bertz CT molecular complexity index is 1110. The van der Waals surface area contributed by atoms with Gasteiger partial charge in [-0.15, -0.1) is 0 Å². The fourth-order valence-electron chi connectivity index (χ4n) is 4.48. The molecule has 0 aromatic carbocycles. The van der Waals surface area contributed by atoms with Crippen molar-refractivity contribution in [2.75, 3.05) is 0 Å². The average molecular weight is 635 g/mol. The summed E-state index contributed by atoms with van der Waals surface area (Å²) in [5.74, 6) is 0.0145. The number of halogens is 4. The molecular formula is C27H38F3IN2O2Si. The lowest BCUT2D eigenvalue weighted by atomic mass is 9.74. The molecule has 2 aromatic heterocycles. The third-order valence-electron chi connectivity index (χ3n) is 7.48. The molecule has 2 aromatic rings. The molecular weight excluding hydrogens is 596 g/mol. The van der Waals surface area contributed by atoms with Crippen molar-refractivity contribution in [2.24, 2.45) is 5.41 Å². The molecule has 200 valence electrons. The van der Waals surface area contributed by atoms with Gasteiger partial charge in [0.15, 0.2) is 8.32 Å². The maximum atomic E-state index is 13.0. The standard InChI is InChI=1S/C27H38F3IN2O2Si/c1-15(2)23-21(24(34)16-10-11-19(32-14-16)27(28,29)30)22(31)20-17(33-23)12-26(6,7)13-18(20)35-36(8,9)25(3,4)5/h10-11,14-15,18,24,34H,12-13H2,1-9H3/t18-,24?/m0/s1. The van der Waals surface area contributed by atoms with E-state index in [9.17, 15) is 18.3 Å². The second-order valence-electron chi connectivity index (χ2n) is 12.5. The highest BCUT2D eigenvalue weighted by Crippen LogP contribution is 2.50. The molecule has 0 bridgehead atoms. The van der Waals surface area contributed by atoms with Crippen LogP contribution in [0.1, 0.15) is 107 Å². The molecule has 1 unspecified atom stereocenters. The largest absolute Gasteiger partial charge is 0.433 e. The van der Waals surface area contributed by atoms with E-state index in [1.54, 1.807) is 0 Å². The first-order chi connectivity index (χ1) is 16.2. The van der Waals surface area contributed by atoms with Crippen molar-refractivity contribution in [1.29, 1.82) is 0 Å². The van der Waals surface area contributed by atoms with E-state index in [-0.39, 0.29) is 22.5 Å². The van der Waals surface area contributed by atoms with Crippen LogP contribution >= 0.6 is 22.6 Å². The Balaban J connectivity index is 2.18. The zero-order valence-corrected chi connectivity index (χ0v) is 25.8. The van der Waals surface area contributed by atoms with Gasteiger partial charge in [0, 0.05) is 32.2 Å². The molecule has 2 heterocycles. The number of fused-ring (bicyclic) bond motifs is 1. The topological polar surface area (TPSA) is 55.2 Å². The number of alkyl halides is 3. The van der Waals surface area contributed by atoms with Gasteiger partial charge in [-0.2, -0.15) is 13.2 Å². The number of rotatable bonds is 5. The molecule has 0 saturated carbocycles. The molecule has 0 saturated heterocycles. The Morgan fingerprint density at radius 3 is 2.25 bits per heavy atom. The van der Waals surface area contributed by atoms with Crippen molar-refractivity contribution in [3.63, 3.8) is 0 Å². The number of aliphatic hydroxyl groups excluding tert-OH is 1. The SMILES string of the molecule is CC(C)c1nc2c(c(I)c1C(O)c1ccc(C(F)(F)F)nc1)[C@@H](O[Si](C)(C)C(C)(C)C)CC(C)(C)C2. The van der Waals surface area contributed by atoms with E-state index in [1.165, 1.54) is 6.07 Å². The maximum absolute atomic E-state index is 13.0. The first-order valence-electron chi connectivity index (χ1n) is 12.4.